The predicted octanol–water partition coefficient (Wildman–Crippen LogP) is 4.65. The number of halogens is 4. The Morgan fingerprint density at radius 3 is 2.57 bits per heavy atom. The SMILES string of the molecule is FC(F)(F)c1nc(N2NC(c3ccc4c(c3)OCO4)=NN2c2ccccc2)sc1Cl. The van der Waals surface area contributed by atoms with E-state index in [0.717, 1.165) is 0 Å². The van der Waals surface area contributed by atoms with E-state index >= 15 is 0 Å². The lowest BCUT2D eigenvalue weighted by Crippen LogP contribution is -2.44. The third-order valence-corrected chi connectivity index (χ3v) is 5.48. The zero-order valence-corrected chi connectivity index (χ0v) is 16.4. The van der Waals surface area contributed by atoms with Crippen LogP contribution >= 0.6 is 22.9 Å². The number of alkyl halides is 3. The van der Waals surface area contributed by atoms with Gasteiger partial charge in [-0.3, -0.25) is 5.43 Å². The minimum absolute atomic E-state index is 0.0179. The maximum absolute atomic E-state index is 13.2. The highest BCUT2D eigenvalue weighted by atomic mass is 35.5. The summed E-state index contributed by atoms with van der Waals surface area (Å²) < 4.78 is 49.8. The van der Waals surface area contributed by atoms with Crippen molar-refractivity contribution in [1.82, 2.24) is 10.4 Å². The highest BCUT2D eigenvalue weighted by Crippen LogP contribution is 2.41. The van der Waals surface area contributed by atoms with Crippen molar-refractivity contribution in [2.24, 2.45) is 5.10 Å². The van der Waals surface area contributed by atoms with E-state index < -0.39 is 16.2 Å². The van der Waals surface area contributed by atoms with Gasteiger partial charge in [-0.05, 0) is 30.3 Å². The van der Waals surface area contributed by atoms with Gasteiger partial charge in [0.1, 0.15) is 4.34 Å². The number of anilines is 2. The number of hydrazine groups is 2. The molecule has 7 nitrogen and oxygen atoms in total. The van der Waals surface area contributed by atoms with E-state index in [1.807, 2.05) is 6.07 Å². The van der Waals surface area contributed by atoms with Gasteiger partial charge in [-0.2, -0.15) is 13.2 Å². The normalized spacial score (nSPS) is 15.4. The van der Waals surface area contributed by atoms with Crippen molar-refractivity contribution in [2.75, 3.05) is 17.0 Å². The molecular weight excluding hydrogens is 443 g/mol. The molecule has 12 heteroatoms. The maximum Gasteiger partial charge on any atom is 0.435 e. The van der Waals surface area contributed by atoms with Crippen molar-refractivity contribution in [3.8, 4) is 11.5 Å². The summed E-state index contributed by atoms with van der Waals surface area (Å²) in [7, 11) is 0. The highest BCUT2D eigenvalue weighted by Gasteiger charge is 2.39. The molecule has 1 aromatic heterocycles. The Bertz CT molecular complexity index is 1140. The van der Waals surface area contributed by atoms with Gasteiger partial charge in [-0.1, -0.05) is 41.1 Å². The summed E-state index contributed by atoms with van der Waals surface area (Å²) in [4.78, 5) is 3.69. The van der Waals surface area contributed by atoms with Gasteiger partial charge in [-0.15, -0.1) is 15.3 Å². The molecule has 0 radical (unpaired) electrons. The Labute approximate surface area is 176 Å². The lowest BCUT2D eigenvalue weighted by atomic mass is 10.2. The first-order chi connectivity index (χ1) is 14.4. The third-order valence-electron chi connectivity index (χ3n) is 4.25. The summed E-state index contributed by atoms with van der Waals surface area (Å²) >= 11 is 6.51. The van der Waals surface area contributed by atoms with Crippen LogP contribution in [-0.2, 0) is 6.18 Å². The molecule has 0 bridgehead atoms. The first-order valence-corrected chi connectivity index (χ1v) is 9.73. The zero-order valence-electron chi connectivity index (χ0n) is 14.9. The first-order valence-electron chi connectivity index (χ1n) is 8.54. The van der Waals surface area contributed by atoms with Gasteiger partial charge < -0.3 is 9.47 Å². The van der Waals surface area contributed by atoms with Gasteiger partial charge in [0.2, 0.25) is 11.9 Å². The Kier molecular flexibility index (Phi) is 4.36. The lowest BCUT2D eigenvalue weighted by Gasteiger charge is -2.25. The quantitative estimate of drug-likeness (QED) is 0.623. The molecule has 0 fully saturated rings. The molecule has 2 aliphatic heterocycles. The topological polar surface area (TPSA) is 62.2 Å². The second-order valence-corrected chi connectivity index (χ2v) is 7.76. The van der Waals surface area contributed by atoms with Crippen LogP contribution in [0, 0.1) is 0 Å². The van der Waals surface area contributed by atoms with Crippen molar-refractivity contribution < 1.29 is 22.6 Å². The first kappa shape index (κ1) is 18.8. The number of hydrogen-bond donors (Lipinski definition) is 1. The Balaban J connectivity index is 1.55. The molecule has 0 saturated heterocycles. The molecule has 0 atom stereocenters. The number of amidine groups is 1. The Morgan fingerprint density at radius 1 is 1.07 bits per heavy atom. The van der Waals surface area contributed by atoms with Crippen LogP contribution in [0.1, 0.15) is 11.3 Å². The monoisotopic (exact) mass is 453 g/mol. The van der Waals surface area contributed by atoms with Crippen molar-refractivity contribution in [3.05, 3.63) is 64.1 Å². The van der Waals surface area contributed by atoms with Crippen LogP contribution in [0.4, 0.5) is 24.0 Å². The van der Waals surface area contributed by atoms with Gasteiger partial charge in [0.15, 0.2) is 23.0 Å². The van der Waals surface area contributed by atoms with Crippen LogP contribution in [0.2, 0.25) is 4.34 Å². The van der Waals surface area contributed by atoms with Crippen molar-refractivity contribution in [3.63, 3.8) is 0 Å². The van der Waals surface area contributed by atoms with Crippen LogP contribution in [0.15, 0.2) is 53.6 Å². The molecule has 0 unspecified atom stereocenters. The summed E-state index contributed by atoms with van der Waals surface area (Å²) in [6.45, 7) is 0.124. The second-order valence-electron chi connectivity index (χ2n) is 6.18. The number of hydrazone groups is 1. The molecule has 5 rings (SSSR count). The summed E-state index contributed by atoms with van der Waals surface area (Å²) in [6, 6.07) is 14.2. The molecule has 2 aliphatic rings. The van der Waals surface area contributed by atoms with Crippen molar-refractivity contribution >= 4 is 39.6 Å². The molecule has 3 aromatic rings. The third kappa shape index (κ3) is 3.25. The number of para-hydroxylation sites is 1. The molecule has 0 aliphatic carbocycles. The Morgan fingerprint density at radius 2 is 1.83 bits per heavy atom. The van der Waals surface area contributed by atoms with Crippen LogP contribution in [-0.4, -0.2) is 17.6 Å². The van der Waals surface area contributed by atoms with Crippen LogP contribution < -0.4 is 25.1 Å². The van der Waals surface area contributed by atoms with Crippen molar-refractivity contribution in [2.45, 2.75) is 6.18 Å². The van der Waals surface area contributed by atoms with E-state index in [1.54, 1.807) is 42.5 Å². The van der Waals surface area contributed by atoms with Crippen LogP contribution in [0.25, 0.3) is 0 Å². The summed E-state index contributed by atoms with van der Waals surface area (Å²) in [6.07, 6.45) is -4.66. The molecule has 154 valence electrons. The average Bonchev–Trinajstić information content (AvgIpc) is 3.45. The molecule has 2 aromatic carbocycles. The largest absolute Gasteiger partial charge is 0.454 e. The predicted molar refractivity (Wildman–Crippen MR) is 106 cm³/mol. The van der Waals surface area contributed by atoms with E-state index in [0.29, 0.717) is 39.9 Å². The fourth-order valence-electron chi connectivity index (χ4n) is 2.90. The van der Waals surface area contributed by atoms with E-state index in [-0.39, 0.29) is 11.9 Å². The fraction of sp³-hybridized carbons (Fsp3) is 0.111. The van der Waals surface area contributed by atoms with Gasteiger partial charge in [0.25, 0.3) is 0 Å². The Hall–Kier alpha value is -3.18. The fourth-order valence-corrected chi connectivity index (χ4v) is 4.02. The van der Waals surface area contributed by atoms with E-state index in [4.69, 9.17) is 21.1 Å². The smallest absolute Gasteiger partial charge is 0.435 e. The minimum Gasteiger partial charge on any atom is -0.454 e. The van der Waals surface area contributed by atoms with E-state index in [1.165, 1.54) is 10.2 Å². The second kappa shape index (κ2) is 6.96. The minimum atomic E-state index is -4.66. The summed E-state index contributed by atoms with van der Waals surface area (Å²) in [5.41, 5.74) is 3.11. The molecule has 3 heterocycles. The average molecular weight is 454 g/mol. The van der Waals surface area contributed by atoms with Crippen LogP contribution in [0.3, 0.4) is 0 Å². The molecule has 0 saturated carbocycles. The molecular formula is C18H11ClF3N5O2S. The number of aromatic nitrogens is 1. The summed E-state index contributed by atoms with van der Waals surface area (Å²) in [5.74, 6) is 1.55. The number of nitrogens with one attached hydrogen (secondary N) is 1. The molecule has 1 N–H and O–H groups in total. The number of thiazole rings is 1. The van der Waals surface area contributed by atoms with Gasteiger partial charge in [0, 0.05) is 5.56 Å². The van der Waals surface area contributed by atoms with E-state index in [9.17, 15) is 13.2 Å². The van der Waals surface area contributed by atoms with Crippen molar-refractivity contribution in [1.29, 1.82) is 0 Å². The molecule has 0 amide bonds. The number of rotatable bonds is 3. The number of ether oxygens (including phenoxy) is 2. The van der Waals surface area contributed by atoms with Gasteiger partial charge >= 0.3 is 6.18 Å². The van der Waals surface area contributed by atoms with Crippen LogP contribution in [0.5, 0.6) is 11.5 Å². The number of nitrogens with zero attached hydrogens (tertiary/aromatic N) is 4. The number of fused-ring (bicyclic) bond motifs is 1. The van der Waals surface area contributed by atoms with Gasteiger partial charge in [-0.25, -0.2) is 4.98 Å². The summed E-state index contributed by atoms with van der Waals surface area (Å²) in [5, 5.41) is 7.22. The number of hydrogen-bond acceptors (Lipinski definition) is 8. The molecule has 30 heavy (non-hydrogen) atoms. The standard InChI is InChI=1S/C18H11ClF3N5O2S/c19-15-14(18(20,21)22)23-17(30-15)27-25-16(24-26(27)11-4-2-1-3-5-11)10-6-7-12-13(8-10)29-9-28-12/h1-8H,9H2,(H,24,25). The lowest BCUT2D eigenvalue weighted by molar-refractivity contribution is -0.140. The van der Waals surface area contributed by atoms with E-state index in [2.05, 4.69) is 15.5 Å². The number of benzene rings is 2. The van der Waals surface area contributed by atoms with Gasteiger partial charge in [0.05, 0.1) is 5.69 Å². The molecule has 0 spiro atoms. The zero-order chi connectivity index (χ0) is 20.9. The highest BCUT2D eigenvalue weighted by molar-refractivity contribution is 7.19. The maximum atomic E-state index is 13.2.